The second kappa shape index (κ2) is 5.73. The molecule has 1 aliphatic heterocycles. The minimum atomic E-state index is 0.138. The SMILES string of the molecule is Cn1nc(CN2CCCC(C(N)=NO)C2)c2ccccc21. The number of hydrogen-bond donors (Lipinski definition) is 2. The standard InChI is InChI=1S/C15H21N5O/c1-19-14-7-3-2-6-12(14)13(17-19)10-20-8-4-5-11(9-20)15(16)18-21/h2-3,6-7,11,21H,4-5,8-10H2,1H3,(H2,16,18). The third-order valence-corrected chi connectivity index (χ3v) is 4.25. The van der Waals surface area contributed by atoms with E-state index in [9.17, 15) is 0 Å². The summed E-state index contributed by atoms with van der Waals surface area (Å²) in [6.07, 6.45) is 2.04. The zero-order chi connectivity index (χ0) is 14.8. The molecule has 1 atom stereocenters. The van der Waals surface area contributed by atoms with E-state index in [-0.39, 0.29) is 5.92 Å². The molecular weight excluding hydrogens is 266 g/mol. The van der Waals surface area contributed by atoms with Crippen LogP contribution in [-0.4, -0.2) is 38.8 Å². The number of rotatable bonds is 3. The third-order valence-electron chi connectivity index (χ3n) is 4.25. The second-order valence-corrected chi connectivity index (χ2v) is 5.69. The lowest BCUT2D eigenvalue weighted by Gasteiger charge is -2.31. The molecule has 0 amide bonds. The summed E-state index contributed by atoms with van der Waals surface area (Å²) in [7, 11) is 1.97. The maximum atomic E-state index is 8.84. The summed E-state index contributed by atoms with van der Waals surface area (Å²) in [4.78, 5) is 2.33. The Morgan fingerprint density at radius 1 is 1.48 bits per heavy atom. The van der Waals surface area contributed by atoms with E-state index < -0.39 is 0 Å². The van der Waals surface area contributed by atoms with Crippen molar-refractivity contribution >= 4 is 16.7 Å². The molecule has 2 aromatic rings. The third kappa shape index (κ3) is 2.71. The Bertz CT molecular complexity index is 663. The first-order valence-corrected chi connectivity index (χ1v) is 7.29. The van der Waals surface area contributed by atoms with Crippen LogP contribution in [0.1, 0.15) is 18.5 Å². The number of benzene rings is 1. The first-order valence-electron chi connectivity index (χ1n) is 7.29. The highest BCUT2D eigenvalue weighted by molar-refractivity contribution is 5.83. The number of fused-ring (bicyclic) bond motifs is 1. The summed E-state index contributed by atoms with van der Waals surface area (Å²) in [5.41, 5.74) is 7.99. The van der Waals surface area contributed by atoms with Crippen LogP contribution in [0.25, 0.3) is 10.9 Å². The molecule has 0 bridgehead atoms. The van der Waals surface area contributed by atoms with E-state index in [1.165, 1.54) is 5.39 Å². The zero-order valence-electron chi connectivity index (χ0n) is 12.2. The molecule has 0 saturated carbocycles. The van der Waals surface area contributed by atoms with Gasteiger partial charge in [-0.3, -0.25) is 9.58 Å². The highest BCUT2D eigenvalue weighted by atomic mass is 16.4. The van der Waals surface area contributed by atoms with E-state index in [1.54, 1.807) is 0 Å². The van der Waals surface area contributed by atoms with Gasteiger partial charge in [-0.05, 0) is 25.5 Å². The number of para-hydroxylation sites is 1. The van der Waals surface area contributed by atoms with Crippen LogP contribution >= 0.6 is 0 Å². The van der Waals surface area contributed by atoms with Gasteiger partial charge in [0.15, 0.2) is 0 Å². The lowest BCUT2D eigenvalue weighted by molar-refractivity contribution is 0.191. The smallest absolute Gasteiger partial charge is 0.143 e. The topological polar surface area (TPSA) is 79.7 Å². The Balaban J connectivity index is 1.79. The van der Waals surface area contributed by atoms with Crippen molar-refractivity contribution in [1.29, 1.82) is 0 Å². The Morgan fingerprint density at radius 2 is 2.29 bits per heavy atom. The van der Waals surface area contributed by atoms with Crippen LogP contribution in [0, 0.1) is 5.92 Å². The van der Waals surface area contributed by atoms with Crippen LogP contribution in [0.4, 0.5) is 0 Å². The van der Waals surface area contributed by atoms with Gasteiger partial charge in [0.2, 0.25) is 0 Å². The van der Waals surface area contributed by atoms with Gasteiger partial charge in [0.25, 0.3) is 0 Å². The molecule has 112 valence electrons. The van der Waals surface area contributed by atoms with Gasteiger partial charge in [-0.25, -0.2) is 0 Å². The van der Waals surface area contributed by atoms with Crippen LogP contribution in [0.2, 0.25) is 0 Å². The van der Waals surface area contributed by atoms with E-state index in [0.29, 0.717) is 5.84 Å². The molecule has 3 N–H and O–H groups in total. The normalized spacial score (nSPS) is 21.0. The van der Waals surface area contributed by atoms with Gasteiger partial charge in [-0.15, -0.1) is 0 Å². The van der Waals surface area contributed by atoms with E-state index in [1.807, 2.05) is 23.9 Å². The number of aromatic nitrogens is 2. The molecule has 1 fully saturated rings. The summed E-state index contributed by atoms with van der Waals surface area (Å²) >= 11 is 0. The average Bonchev–Trinajstić information content (AvgIpc) is 2.83. The fraction of sp³-hybridized carbons (Fsp3) is 0.467. The molecule has 21 heavy (non-hydrogen) atoms. The molecule has 2 heterocycles. The molecule has 1 saturated heterocycles. The molecule has 1 aliphatic rings. The molecule has 0 aliphatic carbocycles. The Labute approximate surface area is 123 Å². The molecular formula is C15H21N5O. The average molecular weight is 287 g/mol. The molecule has 3 rings (SSSR count). The largest absolute Gasteiger partial charge is 0.409 e. The Hall–Kier alpha value is -2.08. The van der Waals surface area contributed by atoms with E-state index in [4.69, 9.17) is 10.9 Å². The number of aryl methyl sites for hydroxylation is 1. The van der Waals surface area contributed by atoms with E-state index >= 15 is 0 Å². The molecule has 6 heteroatoms. The number of nitrogens with two attached hydrogens (primary N) is 1. The molecule has 1 aromatic heterocycles. The lowest BCUT2D eigenvalue weighted by atomic mass is 9.97. The first kappa shape index (κ1) is 13.9. The fourth-order valence-electron chi connectivity index (χ4n) is 3.14. The number of piperidine rings is 1. The van der Waals surface area contributed by atoms with Crippen LogP contribution in [0.5, 0.6) is 0 Å². The van der Waals surface area contributed by atoms with Crippen molar-refractivity contribution in [2.24, 2.45) is 23.9 Å². The number of nitrogens with zero attached hydrogens (tertiary/aromatic N) is 4. The van der Waals surface area contributed by atoms with Gasteiger partial charge in [0, 0.05) is 31.4 Å². The van der Waals surface area contributed by atoms with Crippen molar-refractivity contribution < 1.29 is 5.21 Å². The number of amidine groups is 1. The van der Waals surface area contributed by atoms with Gasteiger partial charge < -0.3 is 10.9 Å². The molecule has 1 unspecified atom stereocenters. The summed E-state index contributed by atoms with van der Waals surface area (Å²) in [5, 5.41) is 17.8. The molecule has 0 radical (unpaired) electrons. The van der Waals surface area contributed by atoms with Gasteiger partial charge in [0.1, 0.15) is 5.84 Å². The van der Waals surface area contributed by atoms with Gasteiger partial charge in [-0.2, -0.15) is 5.10 Å². The van der Waals surface area contributed by atoms with Crippen molar-refractivity contribution in [1.82, 2.24) is 14.7 Å². The Kier molecular flexibility index (Phi) is 3.79. The molecule has 0 spiro atoms. The van der Waals surface area contributed by atoms with Crippen molar-refractivity contribution in [3.8, 4) is 0 Å². The minimum absolute atomic E-state index is 0.138. The predicted octanol–water partition coefficient (Wildman–Crippen LogP) is 1.53. The lowest BCUT2D eigenvalue weighted by Crippen LogP contribution is -2.40. The number of likely N-dealkylation sites (tertiary alicyclic amines) is 1. The fourth-order valence-corrected chi connectivity index (χ4v) is 3.14. The minimum Gasteiger partial charge on any atom is -0.409 e. The van der Waals surface area contributed by atoms with Crippen molar-refractivity contribution in [2.75, 3.05) is 13.1 Å². The summed E-state index contributed by atoms with van der Waals surface area (Å²) in [5.74, 6) is 0.476. The van der Waals surface area contributed by atoms with Crippen LogP contribution in [0.15, 0.2) is 29.4 Å². The summed E-state index contributed by atoms with van der Waals surface area (Å²) < 4.78 is 1.93. The number of hydrogen-bond acceptors (Lipinski definition) is 4. The van der Waals surface area contributed by atoms with Gasteiger partial charge in [-0.1, -0.05) is 23.4 Å². The van der Waals surface area contributed by atoms with Crippen LogP contribution in [0.3, 0.4) is 0 Å². The molecule has 1 aromatic carbocycles. The summed E-state index contributed by atoms with van der Waals surface area (Å²) in [6.45, 7) is 2.65. The molecule has 6 nitrogen and oxygen atoms in total. The Morgan fingerprint density at radius 3 is 3.10 bits per heavy atom. The van der Waals surface area contributed by atoms with E-state index in [0.717, 1.165) is 43.7 Å². The first-order chi connectivity index (χ1) is 10.2. The van der Waals surface area contributed by atoms with Crippen LogP contribution < -0.4 is 5.73 Å². The highest BCUT2D eigenvalue weighted by Crippen LogP contribution is 2.22. The van der Waals surface area contributed by atoms with Gasteiger partial charge >= 0.3 is 0 Å². The maximum Gasteiger partial charge on any atom is 0.143 e. The zero-order valence-corrected chi connectivity index (χ0v) is 12.2. The van der Waals surface area contributed by atoms with Gasteiger partial charge in [0.05, 0.1) is 11.2 Å². The monoisotopic (exact) mass is 287 g/mol. The second-order valence-electron chi connectivity index (χ2n) is 5.69. The quantitative estimate of drug-likeness (QED) is 0.388. The maximum absolute atomic E-state index is 8.84. The van der Waals surface area contributed by atoms with Crippen LogP contribution in [-0.2, 0) is 13.6 Å². The van der Waals surface area contributed by atoms with E-state index in [2.05, 4.69) is 27.3 Å². The highest BCUT2D eigenvalue weighted by Gasteiger charge is 2.24. The van der Waals surface area contributed by atoms with Crippen molar-refractivity contribution in [3.63, 3.8) is 0 Å². The van der Waals surface area contributed by atoms with Crippen molar-refractivity contribution in [3.05, 3.63) is 30.0 Å². The summed E-state index contributed by atoms with van der Waals surface area (Å²) in [6, 6.07) is 8.27. The van der Waals surface area contributed by atoms with Crippen molar-refractivity contribution in [2.45, 2.75) is 19.4 Å². The predicted molar refractivity (Wildman–Crippen MR) is 82.1 cm³/mol. The number of oxime groups is 1.